The van der Waals surface area contributed by atoms with Gasteiger partial charge in [0.25, 0.3) is 0 Å². The van der Waals surface area contributed by atoms with Crippen molar-refractivity contribution >= 4 is 11.6 Å². The number of methoxy groups -OCH3 is 1. The van der Waals surface area contributed by atoms with Crippen LogP contribution in [-0.2, 0) is 17.8 Å². The van der Waals surface area contributed by atoms with Crippen molar-refractivity contribution in [2.24, 2.45) is 0 Å². The van der Waals surface area contributed by atoms with E-state index in [9.17, 15) is 4.79 Å². The normalized spacial score (nSPS) is 14.1. The van der Waals surface area contributed by atoms with E-state index in [0.29, 0.717) is 13.0 Å². The van der Waals surface area contributed by atoms with E-state index in [1.807, 2.05) is 47.4 Å². The monoisotopic (exact) mass is 296 g/mol. The second-order valence-corrected chi connectivity index (χ2v) is 5.38. The summed E-state index contributed by atoms with van der Waals surface area (Å²) in [5.41, 5.74) is 3.15. The summed E-state index contributed by atoms with van der Waals surface area (Å²) < 4.78 is 5.22. The van der Waals surface area contributed by atoms with Crippen LogP contribution in [0, 0.1) is 0 Å². The molecule has 0 unspecified atom stereocenters. The molecule has 1 heterocycles. The second kappa shape index (κ2) is 6.62. The number of carbonyl (C=O) groups excluding carboxylic acids is 1. The molecule has 0 spiro atoms. The highest BCUT2D eigenvalue weighted by Crippen LogP contribution is 2.23. The minimum Gasteiger partial charge on any atom is -0.497 e. The average Bonchev–Trinajstić information content (AvgIpc) is 2.77. The number of benzene rings is 2. The van der Waals surface area contributed by atoms with Crippen molar-refractivity contribution in [2.45, 2.75) is 13.0 Å². The fraction of sp³-hybridized carbons (Fsp3) is 0.278. The van der Waals surface area contributed by atoms with Crippen molar-refractivity contribution in [3.8, 4) is 5.75 Å². The Morgan fingerprint density at radius 2 is 2.09 bits per heavy atom. The first-order valence-corrected chi connectivity index (χ1v) is 7.50. The smallest absolute Gasteiger partial charge is 0.231 e. The molecule has 0 aliphatic carbocycles. The maximum Gasteiger partial charge on any atom is 0.231 e. The summed E-state index contributed by atoms with van der Waals surface area (Å²) in [7, 11) is 1.64. The lowest BCUT2D eigenvalue weighted by atomic mass is 10.1. The lowest BCUT2D eigenvalue weighted by Crippen LogP contribution is -2.35. The van der Waals surface area contributed by atoms with E-state index in [1.54, 1.807) is 7.11 Å². The van der Waals surface area contributed by atoms with E-state index in [0.717, 1.165) is 30.1 Å². The Labute approximate surface area is 130 Å². The van der Waals surface area contributed by atoms with Crippen LogP contribution in [-0.4, -0.2) is 26.1 Å². The number of para-hydroxylation sites is 1. The molecule has 0 bridgehead atoms. The zero-order valence-electron chi connectivity index (χ0n) is 12.7. The quantitative estimate of drug-likeness (QED) is 0.945. The highest BCUT2D eigenvalue weighted by molar-refractivity contribution is 5.95. The van der Waals surface area contributed by atoms with Gasteiger partial charge in [0.2, 0.25) is 5.91 Å². The first-order valence-electron chi connectivity index (χ1n) is 7.50. The molecule has 1 N–H and O–H groups in total. The molecule has 2 aromatic rings. The van der Waals surface area contributed by atoms with Crippen molar-refractivity contribution in [1.82, 2.24) is 5.32 Å². The Kier molecular flexibility index (Phi) is 4.39. The summed E-state index contributed by atoms with van der Waals surface area (Å²) >= 11 is 0. The molecule has 1 aliphatic heterocycles. The summed E-state index contributed by atoms with van der Waals surface area (Å²) in [6, 6.07) is 15.8. The van der Waals surface area contributed by atoms with Gasteiger partial charge >= 0.3 is 0 Å². The third-order valence-corrected chi connectivity index (χ3v) is 3.90. The number of amides is 1. The number of ether oxygens (including phenoxy) is 1. The van der Waals surface area contributed by atoms with Gasteiger partial charge in [0.1, 0.15) is 5.75 Å². The van der Waals surface area contributed by atoms with Crippen molar-refractivity contribution in [2.75, 3.05) is 25.1 Å². The standard InChI is InChI=1S/C18H20N2O2/c1-22-16-7-4-5-14(11-16)12-18(21)20-10-9-19-13-15-6-2-3-8-17(15)20/h2-8,11,19H,9-10,12-13H2,1H3. The first kappa shape index (κ1) is 14.6. The fourth-order valence-corrected chi connectivity index (χ4v) is 2.77. The molecule has 0 saturated carbocycles. The first-order chi connectivity index (χ1) is 10.8. The van der Waals surface area contributed by atoms with Gasteiger partial charge in [-0.2, -0.15) is 0 Å². The summed E-state index contributed by atoms with van der Waals surface area (Å²) in [5.74, 6) is 0.896. The Morgan fingerprint density at radius 1 is 1.23 bits per heavy atom. The molecule has 4 nitrogen and oxygen atoms in total. The number of nitrogens with one attached hydrogen (secondary N) is 1. The van der Waals surface area contributed by atoms with Crippen molar-refractivity contribution in [3.05, 3.63) is 59.7 Å². The molecule has 0 fully saturated rings. The van der Waals surface area contributed by atoms with Gasteiger partial charge in [-0.3, -0.25) is 4.79 Å². The Balaban J connectivity index is 1.82. The molecular formula is C18H20N2O2. The van der Waals surface area contributed by atoms with Crippen molar-refractivity contribution < 1.29 is 9.53 Å². The highest BCUT2D eigenvalue weighted by Gasteiger charge is 2.20. The Bertz CT molecular complexity index is 670. The minimum atomic E-state index is 0.115. The maximum atomic E-state index is 12.7. The lowest BCUT2D eigenvalue weighted by molar-refractivity contribution is -0.118. The molecule has 22 heavy (non-hydrogen) atoms. The second-order valence-electron chi connectivity index (χ2n) is 5.38. The van der Waals surface area contributed by atoms with E-state index in [2.05, 4.69) is 11.4 Å². The van der Waals surface area contributed by atoms with E-state index in [4.69, 9.17) is 4.74 Å². The van der Waals surface area contributed by atoms with E-state index >= 15 is 0 Å². The van der Waals surface area contributed by atoms with Crippen molar-refractivity contribution in [3.63, 3.8) is 0 Å². The van der Waals surface area contributed by atoms with Crippen LogP contribution in [0.25, 0.3) is 0 Å². The summed E-state index contributed by atoms with van der Waals surface area (Å²) in [6.07, 6.45) is 0.380. The zero-order valence-corrected chi connectivity index (χ0v) is 12.7. The number of fused-ring (bicyclic) bond motifs is 1. The fourth-order valence-electron chi connectivity index (χ4n) is 2.77. The molecule has 2 aromatic carbocycles. The molecule has 0 atom stereocenters. The highest BCUT2D eigenvalue weighted by atomic mass is 16.5. The van der Waals surface area contributed by atoms with Crippen molar-refractivity contribution in [1.29, 1.82) is 0 Å². The molecule has 4 heteroatoms. The largest absolute Gasteiger partial charge is 0.497 e. The predicted molar refractivity (Wildman–Crippen MR) is 87.2 cm³/mol. The zero-order chi connectivity index (χ0) is 15.4. The van der Waals surface area contributed by atoms with Crippen LogP contribution in [0.5, 0.6) is 5.75 Å². The minimum absolute atomic E-state index is 0.115. The molecule has 1 aliphatic rings. The van der Waals surface area contributed by atoms with Crippen LogP contribution < -0.4 is 15.0 Å². The topological polar surface area (TPSA) is 41.6 Å². The number of hydrogen-bond donors (Lipinski definition) is 1. The van der Waals surface area contributed by atoms with Gasteiger partial charge in [-0.15, -0.1) is 0 Å². The van der Waals surface area contributed by atoms with Gasteiger partial charge in [-0.25, -0.2) is 0 Å². The van der Waals surface area contributed by atoms with Gasteiger partial charge in [-0.05, 0) is 29.3 Å². The summed E-state index contributed by atoms with van der Waals surface area (Å²) in [5, 5.41) is 3.36. The molecule has 1 amide bonds. The van der Waals surface area contributed by atoms with Crippen LogP contribution in [0.4, 0.5) is 5.69 Å². The van der Waals surface area contributed by atoms with E-state index < -0.39 is 0 Å². The van der Waals surface area contributed by atoms with Gasteiger partial charge in [0.15, 0.2) is 0 Å². The average molecular weight is 296 g/mol. The van der Waals surface area contributed by atoms with Gasteiger partial charge in [0.05, 0.1) is 13.5 Å². The van der Waals surface area contributed by atoms with Crippen LogP contribution in [0.3, 0.4) is 0 Å². The summed E-state index contributed by atoms with van der Waals surface area (Å²) in [4.78, 5) is 14.6. The van der Waals surface area contributed by atoms with Gasteiger partial charge in [-0.1, -0.05) is 30.3 Å². The molecule has 0 aromatic heterocycles. The molecule has 0 radical (unpaired) electrons. The molecule has 3 rings (SSSR count). The van der Waals surface area contributed by atoms with Crippen LogP contribution in [0.2, 0.25) is 0 Å². The Hall–Kier alpha value is -2.33. The SMILES string of the molecule is COc1cccc(CC(=O)N2CCNCc3ccccc32)c1. The van der Waals surface area contributed by atoms with E-state index in [1.165, 1.54) is 5.56 Å². The Morgan fingerprint density at radius 3 is 2.95 bits per heavy atom. The maximum absolute atomic E-state index is 12.7. The van der Waals surface area contributed by atoms with Crippen LogP contribution >= 0.6 is 0 Å². The van der Waals surface area contributed by atoms with Gasteiger partial charge < -0.3 is 15.0 Å². The molecule has 114 valence electrons. The number of rotatable bonds is 3. The lowest BCUT2D eigenvalue weighted by Gasteiger charge is -2.22. The van der Waals surface area contributed by atoms with E-state index in [-0.39, 0.29) is 5.91 Å². The number of hydrogen-bond acceptors (Lipinski definition) is 3. The van der Waals surface area contributed by atoms with Crippen LogP contribution in [0.15, 0.2) is 48.5 Å². The number of nitrogens with zero attached hydrogens (tertiary/aromatic N) is 1. The third-order valence-electron chi connectivity index (χ3n) is 3.90. The predicted octanol–water partition coefficient (Wildman–Crippen LogP) is 2.37. The van der Waals surface area contributed by atoms with Crippen LogP contribution in [0.1, 0.15) is 11.1 Å². The third kappa shape index (κ3) is 3.12. The van der Waals surface area contributed by atoms with Gasteiger partial charge in [0, 0.05) is 25.3 Å². The molecular weight excluding hydrogens is 276 g/mol. The number of anilines is 1. The summed E-state index contributed by atoms with van der Waals surface area (Å²) in [6.45, 7) is 2.30. The molecule has 0 saturated heterocycles. The number of carbonyl (C=O) groups is 1.